The molecule has 0 saturated heterocycles. The first-order valence-electron chi connectivity index (χ1n) is 5.48. The predicted molar refractivity (Wildman–Crippen MR) is 57.5 cm³/mol. The second kappa shape index (κ2) is 3.01. The third-order valence-corrected chi connectivity index (χ3v) is 3.71. The minimum absolute atomic E-state index is 0.407. The number of hydrogen-bond donors (Lipinski definition) is 0. The average molecular weight is 176 g/mol. The molecule has 0 spiro atoms. The molecule has 2 aliphatic carbocycles. The van der Waals surface area contributed by atoms with Gasteiger partial charge in [0.25, 0.3) is 0 Å². The molecular formula is C13H20. The number of fused-ring (bicyclic) bond motifs is 1. The van der Waals surface area contributed by atoms with Crippen LogP contribution in [0.4, 0.5) is 0 Å². The van der Waals surface area contributed by atoms with Gasteiger partial charge in [-0.15, -0.1) is 0 Å². The first-order valence-corrected chi connectivity index (χ1v) is 5.48. The summed E-state index contributed by atoms with van der Waals surface area (Å²) in [5.74, 6) is 1.73. The quantitative estimate of drug-likeness (QED) is 0.524. The maximum Gasteiger partial charge on any atom is -0.0106 e. The van der Waals surface area contributed by atoms with Crippen LogP contribution in [0.25, 0.3) is 0 Å². The summed E-state index contributed by atoms with van der Waals surface area (Å²) in [5, 5.41) is 0. The molecule has 0 amide bonds. The van der Waals surface area contributed by atoms with E-state index in [4.69, 9.17) is 0 Å². The van der Waals surface area contributed by atoms with E-state index in [1.54, 1.807) is 5.57 Å². The summed E-state index contributed by atoms with van der Waals surface area (Å²) < 4.78 is 0. The van der Waals surface area contributed by atoms with Crippen molar-refractivity contribution >= 4 is 0 Å². The molecule has 0 N–H and O–H groups in total. The molecule has 2 unspecified atom stereocenters. The summed E-state index contributed by atoms with van der Waals surface area (Å²) in [6.07, 6.45) is 11.1. The number of rotatable bonds is 0. The van der Waals surface area contributed by atoms with Crippen LogP contribution >= 0.6 is 0 Å². The highest BCUT2D eigenvalue weighted by molar-refractivity contribution is 5.27. The highest BCUT2D eigenvalue weighted by Crippen LogP contribution is 2.46. The maximum absolute atomic E-state index is 2.38. The van der Waals surface area contributed by atoms with Gasteiger partial charge in [0.1, 0.15) is 0 Å². The third kappa shape index (κ3) is 1.59. The van der Waals surface area contributed by atoms with Crippen LogP contribution in [-0.4, -0.2) is 0 Å². The summed E-state index contributed by atoms with van der Waals surface area (Å²) in [6, 6.07) is 0. The molecule has 2 rings (SSSR count). The van der Waals surface area contributed by atoms with Crippen LogP contribution in [0.2, 0.25) is 0 Å². The van der Waals surface area contributed by atoms with E-state index in [1.165, 1.54) is 19.3 Å². The molecule has 0 radical (unpaired) electrons. The van der Waals surface area contributed by atoms with Gasteiger partial charge in [0.15, 0.2) is 0 Å². The molecule has 0 nitrogen and oxygen atoms in total. The van der Waals surface area contributed by atoms with Crippen LogP contribution < -0.4 is 0 Å². The van der Waals surface area contributed by atoms with Crippen molar-refractivity contribution in [3.8, 4) is 0 Å². The van der Waals surface area contributed by atoms with Gasteiger partial charge in [-0.2, -0.15) is 0 Å². The zero-order valence-electron chi connectivity index (χ0n) is 9.01. The Morgan fingerprint density at radius 2 is 2.08 bits per heavy atom. The Balaban J connectivity index is 2.24. The van der Waals surface area contributed by atoms with Gasteiger partial charge in [0, 0.05) is 0 Å². The Morgan fingerprint density at radius 1 is 1.31 bits per heavy atom. The van der Waals surface area contributed by atoms with Crippen molar-refractivity contribution in [2.24, 2.45) is 17.3 Å². The van der Waals surface area contributed by atoms with Gasteiger partial charge in [0.05, 0.1) is 0 Å². The van der Waals surface area contributed by atoms with Crippen LogP contribution in [-0.2, 0) is 0 Å². The SMILES string of the molecule is CC1CCC2C(=CC=CC2(C)C)C1. The molecule has 0 aromatic rings. The molecule has 2 atom stereocenters. The van der Waals surface area contributed by atoms with E-state index >= 15 is 0 Å². The van der Waals surface area contributed by atoms with Gasteiger partial charge >= 0.3 is 0 Å². The molecule has 0 aromatic carbocycles. The van der Waals surface area contributed by atoms with E-state index in [1.807, 2.05) is 0 Å². The standard InChI is InChI=1S/C13H20/c1-10-6-7-12-11(9-10)5-4-8-13(12,2)3/h4-5,8,10,12H,6-7,9H2,1-3H3. The van der Waals surface area contributed by atoms with E-state index in [2.05, 4.69) is 39.0 Å². The molecule has 0 aliphatic heterocycles. The van der Waals surface area contributed by atoms with E-state index < -0.39 is 0 Å². The molecule has 0 heterocycles. The second-order valence-corrected chi connectivity index (χ2v) is 5.36. The lowest BCUT2D eigenvalue weighted by atomic mass is 9.64. The molecule has 1 saturated carbocycles. The minimum Gasteiger partial charge on any atom is -0.0783 e. The van der Waals surface area contributed by atoms with Crippen LogP contribution in [0, 0.1) is 17.3 Å². The first kappa shape index (κ1) is 9.05. The Kier molecular flexibility index (Phi) is 2.09. The van der Waals surface area contributed by atoms with E-state index in [-0.39, 0.29) is 0 Å². The van der Waals surface area contributed by atoms with Gasteiger partial charge in [-0.05, 0) is 36.5 Å². The lowest BCUT2D eigenvalue weighted by Crippen LogP contribution is -2.29. The minimum atomic E-state index is 0.407. The monoisotopic (exact) mass is 176 g/mol. The molecular weight excluding hydrogens is 156 g/mol. The maximum atomic E-state index is 2.38. The Hall–Kier alpha value is -0.520. The van der Waals surface area contributed by atoms with Gasteiger partial charge < -0.3 is 0 Å². The van der Waals surface area contributed by atoms with Gasteiger partial charge in [0.2, 0.25) is 0 Å². The number of hydrogen-bond acceptors (Lipinski definition) is 0. The topological polar surface area (TPSA) is 0 Å². The molecule has 1 fully saturated rings. The Labute approximate surface area is 81.7 Å². The molecule has 2 aliphatic rings. The largest absolute Gasteiger partial charge is 0.0783 e. The highest BCUT2D eigenvalue weighted by atomic mass is 14.4. The van der Waals surface area contributed by atoms with E-state index in [0.717, 1.165) is 11.8 Å². The van der Waals surface area contributed by atoms with Crippen LogP contribution in [0.15, 0.2) is 23.8 Å². The van der Waals surface area contributed by atoms with Crippen molar-refractivity contribution in [2.45, 2.75) is 40.0 Å². The fourth-order valence-electron chi connectivity index (χ4n) is 2.85. The molecule has 13 heavy (non-hydrogen) atoms. The van der Waals surface area contributed by atoms with Gasteiger partial charge in [-0.1, -0.05) is 44.6 Å². The normalized spacial score (nSPS) is 36.7. The summed E-state index contributed by atoms with van der Waals surface area (Å²) in [7, 11) is 0. The van der Waals surface area contributed by atoms with Crippen molar-refractivity contribution in [3.05, 3.63) is 23.8 Å². The molecule has 0 aromatic heterocycles. The van der Waals surface area contributed by atoms with Crippen LogP contribution in [0.5, 0.6) is 0 Å². The molecule has 72 valence electrons. The smallest absolute Gasteiger partial charge is 0.0106 e. The zero-order valence-corrected chi connectivity index (χ0v) is 9.01. The van der Waals surface area contributed by atoms with E-state index in [9.17, 15) is 0 Å². The van der Waals surface area contributed by atoms with Gasteiger partial charge in [-0.25, -0.2) is 0 Å². The number of allylic oxidation sites excluding steroid dienone is 4. The van der Waals surface area contributed by atoms with E-state index in [0.29, 0.717) is 5.41 Å². The fourth-order valence-corrected chi connectivity index (χ4v) is 2.85. The van der Waals surface area contributed by atoms with Crippen molar-refractivity contribution in [1.82, 2.24) is 0 Å². The van der Waals surface area contributed by atoms with Crippen molar-refractivity contribution in [3.63, 3.8) is 0 Å². The third-order valence-electron chi connectivity index (χ3n) is 3.71. The first-order chi connectivity index (χ1) is 6.09. The lowest BCUT2D eigenvalue weighted by molar-refractivity contribution is 0.240. The summed E-state index contributed by atoms with van der Waals surface area (Å²) >= 11 is 0. The summed E-state index contributed by atoms with van der Waals surface area (Å²) in [4.78, 5) is 0. The van der Waals surface area contributed by atoms with Gasteiger partial charge in [-0.3, -0.25) is 0 Å². The van der Waals surface area contributed by atoms with Crippen molar-refractivity contribution in [1.29, 1.82) is 0 Å². The second-order valence-electron chi connectivity index (χ2n) is 5.36. The van der Waals surface area contributed by atoms with Crippen molar-refractivity contribution < 1.29 is 0 Å². The molecule has 0 heteroatoms. The predicted octanol–water partition coefficient (Wildman–Crippen LogP) is 3.95. The molecule has 0 bridgehead atoms. The lowest BCUT2D eigenvalue weighted by Gasteiger charge is -2.40. The summed E-state index contributed by atoms with van der Waals surface area (Å²) in [5.41, 5.74) is 2.11. The van der Waals surface area contributed by atoms with Crippen LogP contribution in [0.3, 0.4) is 0 Å². The summed E-state index contributed by atoms with van der Waals surface area (Å²) in [6.45, 7) is 7.12. The average Bonchev–Trinajstić information content (AvgIpc) is 2.02. The highest BCUT2D eigenvalue weighted by Gasteiger charge is 2.34. The Bertz CT molecular complexity index is 255. The fraction of sp³-hybridized carbons (Fsp3) is 0.692. The zero-order chi connectivity index (χ0) is 9.47. The Morgan fingerprint density at radius 3 is 2.85 bits per heavy atom. The van der Waals surface area contributed by atoms with Crippen molar-refractivity contribution in [2.75, 3.05) is 0 Å². The van der Waals surface area contributed by atoms with Crippen LogP contribution in [0.1, 0.15) is 40.0 Å².